The van der Waals surface area contributed by atoms with Crippen LogP contribution in [0.15, 0.2) is 126 Å². The van der Waals surface area contributed by atoms with Crippen molar-refractivity contribution in [2.45, 2.75) is 32.8 Å². The normalized spacial score (nSPS) is 14.2. The lowest BCUT2D eigenvalue weighted by atomic mass is 10.0. The van der Waals surface area contributed by atoms with Crippen molar-refractivity contribution in [2.24, 2.45) is 10.9 Å². The number of carbonyl (C=O) groups is 1. The fraction of sp³-hybridized carbons (Fsp3) is 0.243. The van der Waals surface area contributed by atoms with E-state index in [1.807, 2.05) is 59.5 Å². The number of nitrogens with two attached hydrogens (primary N) is 1. The molecule has 0 spiro atoms. The second kappa shape index (κ2) is 14.4. The van der Waals surface area contributed by atoms with Crippen LogP contribution in [0.3, 0.4) is 0 Å². The summed E-state index contributed by atoms with van der Waals surface area (Å²) in [7, 11) is 0. The van der Waals surface area contributed by atoms with Gasteiger partial charge in [0, 0.05) is 32.6 Å². The average molecular weight is 573 g/mol. The van der Waals surface area contributed by atoms with Gasteiger partial charge in [0.1, 0.15) is 11.9 Å². The van der Waals surface area contributed by atoms with Gasteiger partial charge in [-0.3, -0.25) is 4.79 Å². The summed E-state index contributed by atoms with van der Waals surface area (Å²) < 4.78 is 6.98. The summed E-state index contributed by atoms with van der Waals surface area (Å²) in [5.74, 6) is 6.73. The minimum atomic E-state index is -0.317. The molecule has 2 N–H and O–H groups in total. The zero-order valence-electron chi connectivity index (χ0n) is 25.0. The maximum Gasteiger partial charge on any atom is 0.227 e. The number of amides is 1. The molecular formula is C37H40N4O2. The molecular weight excluding hydrogens is 532 g/mol. The number of hydrogen-bond acceptors (Lipinski definition) is 5. The smallest absolute Gasteiger partial charge is 0.227 e. The third-order valence-electron chi connectivity index (χ3n) is 7.76. The van der Waals surface area contributed by atoms with E-state index in [1.54, 1.807) is 6.21 Å². The van der Waals surface area contributed by atoms with Crippen molar-refractivity contribution in [1.29, 1.82) is 0 Å². The molecule has 5 rings (SSSR count). The highest BCUT2D eigenvalue weighted by Crippen LogP contribution is 2.31. The van der Waals surface area contributed by atoms with Crippen LogP contribution in [0.1, 0.15) is 39.5 Å². The molecule has 6 nitrogen and oxygen atoms in total. The van der Waals surface area contributed by atoms with E-state index in [-0.39, 0.29) is 12.0 Å². The Bertz CT molecular complexity index is 1480. The van der Waals surface area contributed by atoms with Crippen molar-refractivity contribution in [3.63, 3.8) is 0 Å². The molecule has 4 aromatic rings. The Kier molecular flexibility index (Phi) is 9.90. The predicted octanol–water partition coefficient (Wildman–Crippen LogP) is 6.20. The Morgan fingerprint density at radius 2 is 1.26 bits per heavy atom. The quantitative estimate of drug-likeness (QED) is 0.106. The van der Waals surface area contributed by atoms with Gasteiger partial charge in [-0.05, 0) is 36.1 Å². The molecule has 220 valence electrons. The van der Waals surface area contributed by atoms with Crippen molar-refractivity contribution < 1.29 is 9.53 Å². The van der Waals surface area contributed by atoms with E-state index in [2.05, 4.69) is 78.4 Å². The summed E-state index contributed by atoms with van der Waals surface area (Å²) in [5.41, 5.74) is 7.51. The van der Waals surface area contributed by atoms with Gasteiger partial charge in [-0.25, -0.2) is 0 Å². The van der Waals surface area contributed by atoms with Crippen LogP contribution in [0.25, 0.3) is 0 Å². The lowest BCUT2D eigenvalue weighted by Crippen LogP contribution is -2.49. The minimum absolute atomic E-state index is 0.150. The summed E-state index contributed by atoms with van der Waals surface area (Å²) in [6.07, 6.45) is 2.36. The third kappa shape index (κ3) is 7.92. The molecule has 1 fully saturated rings. The van der Waals surface area contributed by atoms with Gasteiger partial charge in [0.2, 0.25) is 5.91 Å². The van der Waals surface area contributed by atoms with E-state index < -0.39 is 0 Å². The maximum atomic E-state index is 13.3. The predicted molar refractivity (Wildman–Crippen MR) is 173 cm³/mol. The van der Waals surface area contributed by atoms with Crippen molar-refractivity contribution >= 4 is 12.1 Å². The highest BCUT2D eigenvalue weighted by Gasteiger charge is 2.26. The lowest BCUT2D eigenvalue weighted by molar-refractivity contribution is -0.131. The molecule has 0 radical (unpaired) electrons. The number of piperazine rings is 1. The number of rotatable bonds is 10. The molecule has 43 heavy (non-hydrogen) atoms. The summed E-state index contributed by atoms with van der Waals surface area (Å²) in [5, 5.41) is 3.97. The van der Waals surface area contributed by atoms with Crippen LogP contribution in [-0.2, 0) is 22.4 Å². The summed E-state index contributed by atoms with van der Waals surface area (Å²) in [4.78, 5) is 17.4. The standard InChI is InChI=1S/C37H40N4O2/c1-28-22-29(2)24-31(23-28)26-36(42)41-20-18-40(19-21-41)34(27-39-38)35(25-30-12-6-3-7-13-30)43-37(32-14-8-4-9-15-32)33-16-10-5-11-17-33/h3-17,22-24,27,37H,18-21,25-26,38H2,1-2H3/b35-34-,39-27-. The Morgan fingerprint density at radius 3 is 1.79 bits per heavy atom. The van der Waals surface area contributed by atoms with E-state index >= 15 is 0 Å². The van der Waals surface area contributed by atoms with Gasteiger partial charge < -0.3 is 20.4 Å². The van der Waals surface area contributed by atoms with Crippen molar-refractivity contribution in [2.75, 3.05) is 26.2 Å². The van der Waals surface area contributed by atoms with Crippen LogP contribution in [0.4, 0.5) is 0 Å². The number of nitrogens with zero attached hydrogens (tertiary/aromatic N) is 3. The number of aryl methyl sites for hydroxylation is 2. The summed E-state index contributed by atoms with van der Waals surface area (Å²) in [6, 6.07) is 37.2. The van der Waals surface area contributed by atoms with Gasteiger partial charge in [-0.15, -0.1) is 0 Å². The molecule has 1 aliphatic rings. The minimum Gasteiger partial charge on any atom is -0.483 e. The van der Waals surface area contributed by atoms with E-state index in [0.717, 1.165) is 33.7 Å². The number of hydrazone groups is 1. The molecule has 4 aromatic carbocycles. The summed E-state index contributed by atoms with van der Waals surface area (Å²) >= 11 is 0. The second-order valence-electron chi connectivity index (χ2n) is 11.1. The Morgan fingerprint density at radius 1 is 0.744 bits per heavy atom. The average Bonchev–Trinajstić information content (AvgIpc) is 3.03. The van der Waals surface area contributed by atoms with Crippen molar-refractivity contribution in [3.05, 3.63) is 154 Å². The first kappa shape index (κ1) is 29.6. The molecule has 0 aliphatic carbocycles. The largest absolute Gasteiger partial charge is 0.483 e. The number of allylic oxidation sites excluding steroid dienone is 2. The van der Waals surface area contributed by atoms with E-state index in [9.17, 15) is 4.79 Å². The monoisotopic (exact) mass is 572 g/mol. The number of ether oxygens (including phenoxy) is 1. The molecule has 1 heterocycles. The lowest BCUT2D eigenvalue weighted by Gasteiger charge is -2.37. The first-order chi connectivity index (χ1) is 21.0. The highest BCUT2D eigenvalue weighted by molar-refractivity contribution is 5.80. The second-order valence-corrected chi connectivity index (χ2v) is 11.1. The van der Waals surface area contributed by atoms with Crippen molar-refractivity contribution in [1.82, 2.24) is 9.80 Å². The van der Waals surface area contributed by atoms with E-state index in [4.69, 9.17) is 10.6 Å². The topological polar surface area (TPSA) is 71.2 Å². The first-order valence-electron chi connectivity index (χ1n) is 14.9. The molecule has 1 aliphatic heterocycles. The van der Waals surface area contributed by atoms with Gasteiger partial charge in [0.25, 0.3) is 0 Å². The molecule has 0 atom stereocenters. The first-order valence-corrected chi connectivity index (χ1v) is 14.9. The van der Waals surface area contributed by atoms with E-state index in [0.29, 0.717) is 39.0 Å². The number of benzene rings is 4. The molecule has 0 saturated carbocycles. The maximum absolute atomic E-state index is 13.3. The van der Waals surface area contributed by atoms with Crippen LogP contribution in [0.2, 0.25) is 0 Å². The van der Waals surface area contributed by atoms with Crippen LogP contribution >= 0.6 is 0 Å². The van der Waals surface area contributed by atoms with Crippen molar-refractivity contribution in [3.8, 4) is 0 Å². The third-order valence-corrected chi connectivity index (χ3v) is 7.76. The molecule has 0 bridgehead atoms. The molecule has 6 heteroatoms. The SMILES string of the molecule is Cc1cc(C)cc(CC(=O)N2CCN(C(/C=N\N)=C(/Cc3ccccc3)OC(c3ccccc3)c3ccccc3)CC2)c1. The van der Waals surface area contributed by atoms with Crippen LogP contribution in [0, 0.1) is 13.8 Å². The van der Waals surface area contributed by atoms with Gasteiger partial charge in [-0.1, -0.05) is 120 Å². The van der Waals surface area contributed by atoms with E-state index in [1.165, 1.54) is 11.1 Å². The Balaban J connectivity index is 1.42. The van der Waals surface area contributed by atoms with Gasteiger partial charge in [-0.2, -0.15) is 5.10 Å². The highest BCUT2D eigenvalue weighted by atomic mass is 16.5. The zero-order chi connectivity index (χ0) is 30.0. The number of carbonyl (C=O) groups excluding carboxylic acids is 1. The van der Waals surface area contributed by atoms with Crippen LogP contribution in [-0.4, -0.2) is 48.1 Å². The summed E-state index contributed by atoms with van der Waals surface area (Å²) in [6.45, 7) is 6.69. The number of hydrogen-bond donors (Lipinski definition) is 1. The fourth-order valence-electron chi connectivity index (χ4n) is 5.76. The molecule has 1 saturated heterocycles. The van der Waals surface area contributed by atoms with Gasteiger partial charge in [0.05, 0.1) is 18.3 Å². The Hall–Kier alpha value is -4.84. The Labute approximate surface area is 255 Å². The molecule has 0 aromatic heterocycles. The molecule has 0 unspecified atom stereocenters. The zero-order valence-corrected chi connectivity index (χ0v) is 25.0. The van der Waals surface area contributed by atoms with Crippen LogP contribution < -0.4 is 5.84 Å². The van der Waals surface area contributed by atoms with Gasteiger partial charge in [0.15, 0.2) is 0 Å². The van der Waals surface area contributed by atoms with Crippen LogP contribution in [0.5, 0.6) is 0 Å². The fourth-order valence-corrected chi connectivity index (χ4v) is 5.76. The van der Waals surface area contributed by atoms with Gasteiger partial charge >= 0.3 is 0 Å². The molecule has 1 amide bonds.